The van der Waals surface area contributed by atoms with E-state index in [2.05, 4.69) is 4.98 Å². The van der Waals surface area contributed by atoms with Crippen molar-refractivity contribution in [2.45, 2.75) is 6.92 Å². The molecule has 3 heteroatoms. The van der Waals surface area contributed by atoms with Gasteiger partial charge < -0.3 is 0 Å². The SMILES string of the molecule is Cc1nc(-c2ccccc2)[se]c1C(=O)c1ccccc1. The molecule has 98 valence electrons. The van der Waals surface area contributed by atoms with Crippen LogP contribution in [-0.4, -0.2) is 25.3 Å². The third-order valence-corrected chi connectivity index (χ3v) is 5.59. The molecule has 3 rings (SSSR count). The summed E-state index contributed by atoms with van der Waals surface area (Å²) in [5.74, 6) is 0.109. The van der Waals surface area contributed by atoms with E-state index in [0.29, 0.717) is 0 Å². The van der Waals surface area contributed by atoms with Gasteiger partial charge in [0.2, 0.25) is 0 Å². The quantitative estimate of drug-likeness (QED) is 0.546. The van der Waals surface area contributed by atoms with Gasteiger partial charge in [-0.15, -0.1) is 0 Å². The van der Waals surface area contributed by atoms with Crippen molar-refractivity contribution in [3.63, 3.8) is 0 Å². The van der Waals surface area contributed by atoms with Crippen molar-refractivity contribution in [2.24, 2.45) is 0 Å². The van der Waals surface area contributed by atoms with E-state index in [1.165, 1.54) is 0 Å². The summed E-state index contributed by atoms with van der Waals surface area (Å²) in [6, 6.07) is 19.5. The van der Waals surface area contributed by atoms with Crippen molar-refractivity contribution in [2.75, 3.05) is 0 Å². The number of carbonyl (C=O) groups excluding carboxylic acids is 1. The van der Waals surface area contributed by atoms with E-state index < -0.39 is 0 Å². The topological polar surface area (TPSA) is 30.0 Å². The zero-order chi connectivity index (χ0) is 13.9. The van der Waals surface area contributed by atoms with E-state index in [4.69, 9.17) is 0 Å². The molecular weight excluding hydrogens is 313 g/mol. The van der Waals surface area contributed by atoms with E-state index >= 15 is 0 Å². The van der Waals surface area contributed by atoms with Gasteiger partial charge in [-0.3, -0.25) is 0 Å². The summed E-state index contributed by atoms with van der Waals surface area (Å²) < 4.78 is 1.90. The van der Waals surface area contributed by atoms with Crippen molar-refractivity contribution in [1.82, 2.24) is 4.98 Å². The van der Waals surface area contributed by atoms with Crippen LogP contribution in [0, 0.1) is 6.92 Å². The number of rotatable bonds is 3. The standard InChI is InChI=1S/C17H13NOSe/c1-12-16(15(19)13-8-4-2-5-9-13)20-17(18-12)14-10-6-3-7-11-14/h2-11H,1H3. The maximum atomic E-state index is 12.5. The summed E-state index contributed by atoms with van der Waals surface area (Å²) in [6.45, 7) is 1.92. The second-order valence-corrected chi connectivity index (χ2v) is 6.59. The fraction of sp³-hybridized carbons (Fsp3) is 0.0588. The number of benzene rings is 2. The normalized spacial score (nSPS) is 10.4. The molecule has 2 nitrogen and oxygen atoms in total. The summed E-state index contributed by atoms with van der Waals surface area (Å²) in [5, 5.41) is 0. The Hall–Kier alpha value is -1.96. The molecular formula is C17H13NOSe. The van der Waals surface area contributed by atoms with Crippen LogP contribution in [0.4, 0.5) is 0 Å². The Kier molecular flexibility index (Phi) is 3.64. The summed E-state index contributed by atoms with van der Waals surface area (Å²) in [5.41, 5.74) is 2.72. The van der Waals surface area contributed by atoms with Gasteiger partial charge in [0.15, 0.2) is 0 Å². The first kappa shape index (κ1) is 13.0. The maximum absolute atomic E-state index is 12.5. The molecule has 0 saturated heterocycles. The molecule has 0 aliphatic carbocycles. The number of nitrogens with zero attached hydrogens (tertiary/aromatic N) is 1. The molecule has 1 heterocycles. The number of carbonyl (C=O) groups is 1. The Morgan fingerprint density at radius 1 is 0.950 bits per heavy atom. The van der Waals surface area contributed by atoms with Crippen molar-refractivity contribution in [1.29, 1.82) is 0 Å². The fourth-order valence-corrected chi connectivity index (χ4v) is 4.20. The molecule has 0 spiro atoms. The number of hydrogen-bond donors (Lipinski definition) is 0. The third-order valence-electron chi connectivity index (χ3n) is 3.06. The Balaban J connectivity index is 2.00. The molecule has 0 aliphatic heterocycles. The molecule has 0 atom stereocenters. The molecule has 1 aromatic heterocycles. The first-order chi connectivity index (χ1) is 9.75. The summed E-state index contributed by atoms with van der Waals surface area (Å²) in [6.07, 6.45) is 0. The Bertz CT molecular complexity index is 732. The van der Waals surface area contributed by atoms with Crippen LogP contribution in [-0.2, 0) is 0 Å². The molecule has 3 aromatic rings. The minimum absolute atomic E-state index is 0.0155. The van der Waals surface area contributed by atoms with Crippen LogP contribution < -0.4 is 0 Å². The number of aromatic nitrogens is 1. The van der Waals surface area contributed by atoms with Crippen LogP contribution in [0.25, 0.3) is 10.1 Å². The molecule has 0 saturated carbocycles. The summed E-state index contributed by atoms with van der Waals surface area (Å²) in [4.78, 5) is 17.1. The van der Waals surface area contributed by atoms with Gasteiger partial charge in [-0.1, -0.05) is 0 Å². The Morgan fingerprint density at radius 2 is 1.55 bits per heavy atom. The van der Waals surface area contributed by atoms with Crippen LogP contribution in [0.2, 0.25) is 0 Å². The van der Waals surface area contributed by atoms with Gasteiger partial charge in [0.1, 0.15) is 0 Å². The predicted octanol–water partition coefficient (Wildman–Crippen LogP) is 3.35. The molecule has 0 fully saturated rings. The van der Waals surface area contributed by atoms with Gasteiger partial charge in [0, 0.05) is 0 Å². The summed E-state index contributed by atoms with van der Waals surface area (Å²) in [7, 11) is 0. The third kappa shape index (κ3) is 2.51. The van der Waals surface area contributed by atoms with E-state index in [-0.39, 0.29) is 20.3 Å². The van der Waals surface area contributed by atoms with E-state index in [1.807, 2.05) is 67.6 Å². The van der Waals surface area contributed by atoms with Gasteiger partial charge in [-0.05, 0) is 0 Å². The molecule has 0 N–H and O–H groups in total. The van der Waals surface area contributed by atoms with Gasteiger partial charge in [-0.2, -0.15) is 0 Å². The van der Waals surface area contributed by atoms with Crippen molar-refractivity contribution in [3.8, 4) is 10.1 Å². The average molecular weight is 326 g/mol. The molecule has 0 aliphatic rings. The molecule has 0 amide bonds. The molecule has 2 aromatic carbocycles. The first-order valence-corrected chi connectivity index (χ1v) is 8.09. The van der Waals surface area contributed by atoms with E-state index in [1.54, 1.807) is 0 Å². The molecule has 0 bridgehead atoms. The second kappa shape index (κ2) is 5.58. The first-order valence-electron chi connectivity index (χ1n) is 6.38. The van der Waals surface area contributed by atoms with Crippen LogP contribution in [0.3, 0.4) is 0 Å². The molecule has 0 radical (unpaired) electrons. The average Bonchev–Trinajstić information content (AvgIpc) is 2.90. The van der Waals surface area contributed by atoms with Crippen molar-refractivity contribution >= 4 is 20.3 Å². The predicted molar refractivity (Wildman–Crippen MR) is 81.2 cm³/mol. The Morgan fingerprint density at radius 3 is 2.20 bits per heavy atom. The van der Waals surface area contributed by atoms with Crippen LogP contribution >= 0.6 is 0 Å². The fourth-order valence-electron chi connectivity index (χ4n) is 2.03. The second-order valence-electron chi connectivity index (χ2n) is 4.49. The van der Waals surface area contributed by atoms with E-state index in [9.17, 15) is 4.79 Å². The van der Waals surface area contributed by atoms with Crippen LogP contribution in [0.1, 0.15) is 20.5 Å². The number of aryl methyl sites for hydroxylation is 1. The van der Waals surface area contributed by atoms with Gasteiger partial charge in [0.05, 0.1) is 0 Å². The van der Waals surface area contributed by atoms with Gasteiger partial charge in [-0.25, -0.2) is 0 Å². The molecule has 20 heavy (non-hydrogen) atoms. The Labute approximate surface area is 123 Å². The number of hydrogen-bond acceptors (Lipinski definition) is 2. The molecule has 0 unspecified atom stereocenters. The van der Waals surface area contributed by atoms with Crippen LogP contribution in [0.5, 0.6) is 0 Å². The van der Waals surface area contributed by atoms with Crippen molar-refractivity contribution < 1.29 is 4.79 Å². The zero-order valence-corrected chi connectivity index (χ0v) is 12.8. The summed E-state index contributed by atoms with van der Waals surface area (Å²) >= 11 is -0.0155. The van der Waals surface area contributed by atoms with Crippen LogP contribution in [0.15, 0.2) is 60.7 Å². The van der Waals surface area contributed by atoms with E-state index in [0.717, 1.165) is 25.8 Å². The number of ketones is 1. The monoisotopic (exact) mass is 327 g/mol. The van der Waals surface area contributed by atoms with Gasteiger partial charge >= 0.3 is 123 Å². The minimum atomic E-state index is -0.0155. The zero-order valence-electron chi connectivity index (χ0n) is 11.0. The van der Waals surface area contributed by atoms with Gasteiger partial charge in [0.25, 0.3) is 0 Å². The van der Waals surface area contributed by atoms with Crippen molar-refractivity contribution in [3.05, 3.63) is 76.4 Å².